The molecular formula is C10H14N4O2S. The van der Waals surface area contributed by atoms with Crippen LogP contribution in [0.4, 0.5) is 11.4 Å². The van der Waals surface area contributed by atoms with Crippen molar-refractivity contribution in [3.63, 3.8) is 0 Å². The van der Waals surface area contributed by atoms with Gasteiger partial charge in [0.05, 0.1) is 16.9 Å². The number of hydrogen-bond acceptors (Lipinski definition) is 4. The fourth-order valence-electron chi connectivity index (χ4n) is 1.32. The average Bonchev–Trinajstić information content (AvgIpc) is 2.24. The molecule has 7 heteroatoms. The number of nitrogens with one attached hydrogen (secondary N) is 2. The van der Waals surface area contributed by atoms with Gasteiger partial charge in [-0.2, -0.15) is 13.7 Å². The highest BCUT2D eigenvalue weighted by atomic mass is 32.2. The van der Waals surface area contributed by atoms with Gasteiger partial charge in [0.1, 0.15) is 6.07 Å². The standard InChI is InChI=1S/C10H14N4O2S/c1-2-6-13-9-4-3-5-10(8(9)7-11)14-17(12,15)16/h3-5,13-14H,2,6H2,1H3,(H2,12,15,16). The summed E-state index contributed by atoms with van der Waals surface area (Å²) in [6.07, 6.45) is 0.901. The van der Waals surface area contributed by atoms with Crippen LogP contribution in [-0.4, -0.2) is 15.0 Å². The molecule has 92 valence electrons. The molecule has 0 fully saturated rings. The molecule has 0 aromatic heterocycles. The quantitative estimate of drug-likeness (QED) is 0.728. The first-order valence-corrected chi connectivity index (χ1v) is 6.60. The van der Waals surface area contributed by atoms with Crippen molar-refractivity contribution in [2.75, 3.05) is 16.6 Å². The molecule has 0 atom stereocenters. The molecule has 0 aliphatic carbocycles. The third kappa shape index (κ3) is 3.94. The molecule has 0 bridgehead atoms. The van der Waals surface area contributed by atoms with Crippen LogP contribution in [0.3, 0.4) is 0 Å². The number of nitriles is 1. The van der Waals surface area contributed by atoms with E-state index >= 15 is 0 Å². The minimum Gasteiger partial charge on any atom is -0.384 e. The number of nitrogens with zero attached hydrogens (tertiary/aromatic N) is 1. The van der Waals surface area contributed by atoms with E-state index < -0.39 is 10.2 Å². The molecule has 17 heavy (non-hydrogen) atoms. The first-order valence-electron chi connectivity index (χ1n) is 5.05. The maximum atomic E-state index is 10.9. The molecule has 1 aromatic carbocycles. The van der Waals surface area contributed by atoms with E-state index in [1.54, 1.807) is 12.1 Å². The van der Waals surface area contributed by atoms with Gasteiger partial charge in [0, 0.05) is 6.54 Å². The lowest BCUT2D eigenvalue weighted by Gasteiger charge is -2.11. The maximum Gasteiger partial charge on any atom is 0.296 e. The van der Waals surface area contributed by atoms with Crippen molar-refractivity contribution in [2.45, 2.75) is 13.3 Å². The summed E-state index contributed by atoms with van der Waals surface area (Å²) in [6.45, 7) is 2.69. The SMILES string of the molecule is CCCNc1cccc(NS(N)(=O)=O)c1C#N. The van der Waals surface area contributed by atoms with Gasteiger partial charge in [-0.05, 0) is 18.6 Å². The van der Waals surface area contributed by atoms with Gasteiger partial charge in [0.2, 0.25) is 0 Å². The second kappa shape index (κ2) is 5.52. The molecule has 0 unspecified atom stereocenters. The lowest BCUT2D eigenvalue weighted by molar-refractivity contribution is 0.603. The number of anilines is 2. The average molecular weight is 254 g/mol. The molecule has 0 radical (unpaired) electrons. The number of benzene rings is 1. The van der Waals surface area contributed by atoms with Crippen molar-refractivity contribution in [3.05, 3.63) is 23.8 Å². The van der Waals surface area contributed by atoms with Gasteiger partial charge < -0.3 is 5.32 Å². The Labute approximate surface area is 101 Å². The van der Waals surface area contributed by atoms with Gasteiger partial charge in [-0.15, -0.1) is 0 Å². The van der Waals surface area contributed by atoms with Crippen molar-refractivity contribution >= 4 is 21.6 Å². The van der Waals surface area contributed by atoms with Crippen LogP contribution in [0.25, 0.3) is 0 Å². The minimum absolute atomic E-state index is 0.177. The Morgan fingerprint density at radius 2 is 2.06 bits per heavy atom. The fourth-order valence-corrected chi connectivity index (χ4v) is 1.79. The van der Waals surface area contributed by atoms with Gasteiger partial charge in [-0.25, -0.2) is 5.14 Å². The van der Waals surface area contributed by atoms with E-state index in [1.807, 2.05) is 13.0 Å². The number of nitrogens with two attached hydrogens (primary N) is 1. The normalized spacial score (nSPS) is 10.6. The van der Waals surface area contributed by atoms with Crippen LogP contribution in [0.5, 0.6) is 0 Å². The molecule has 0 spiro atoms. The van der Waals surface area contributed by atoms with Gasteiger partial charge in [0.25, 0.3) is 10.2 Å². The first-order chi connectivity index (χ1) is 7.98. The minimum atomic E-state index is -3.88. The Morgan fingerprint density at radius 3 is 2.59 bits per heavy atom. The van der Waals surface area contributed by atoms with Crippen LogP contribution in [0.2, 0.25) is 0 Å². The van der Waals surface area contributed by atoms with Crippen LogP contribution in [0.15, 0.2) is 18.2 Å². The Kier molecular flexibility index (Phi) is 4.31. The predicted molar refractivity (Wildman–Crippen MR) is 66.7 cm³/mol. The van der Waals surface area contributed by atoms with Crippen molar-refractivity contribution < 1.29 is 8.42 Å². The molecule has 0 heterocycles. The lowest BCUT2D eigenvalue weighted by atomic mass is 10.1. The maximum absolute atomic E-state index is 10.9. The highest BCUT2D eigenvalue weighted by molar-refractivity contribution is 7.90. The van der Waals surface area contributed by atoms with E-state index in [-0.39, 0.29) is 11.3 Å². The molecular weight excluding hydrogens is 240 g/mol. The molecule has 0 aliphatic rings. The molecule has 0 saturated carbocycles. The van der Waals surface area contributed by atoms with Crippen molar-refractivity contribution in [1.82, 2.24) is 0 Å². The van der Waals surface area contributed by atoms with E-state index in [4.69, 9.17) is 10.4 Å². The van der Waals surface area contributed by atoms with Crippen LogP contribution < -0.4 is 15.2 Å². The van der Waals surface area contributed by atoms with Gasteiger partial charge in [-0.3, -0.25) is 4.72 Å². The monoisotopic (exact) mass is 254 g/mol. The van der Waals surface area contributed by atoms with E-state index in [9.17, 15) is 8.42 Å². The molecule has 1 aromatic rings. The summed E-state index contributed by atoms with van der Waals surface area (Å²) in [5.41, 5.74) is 0.995. The van der Waals surface area contributed by atoms with Crippen molar-refractivity contribution in [2.24, 2.45) is 5.14 Å². The van der Waals surface area contributed by atoms with E-state index in [2.05, 4.69) is 10.0 Å². The van der Waals surface area contributed by atoms with Crippen LogP contribution >= 0.6 is 0 Å². The zero-order valence-electron chi connectivity index (χ0n) is 9.40. The Hall–Kier alpha value is -1.78. The van der Waals surface area contributed by atoms with Crippen LogP contribution in [0, 0.1) is 11.3 Å². The first kappa shape index (κ1) is 13.3. The summed E-state index contributed by atoms with van der Waals surface area (Å²) in [5, 5.41) is 16.9. The molecule has 0 amide bonds. The van der Waals surface area contributed by atoms with Crippen molar-refractivity contribution in [3.8, 4) is 6.07 Å². The molecule has 0 aliphatic heterocycles. The topological polar surface area (TPSA) is 108 Å². The van der Waals surface area contributed by atoms with Gasteiger partial charge in [0.15, 0.2) is 0 Å². The second-order valence-electron chi connectivity index (χ2n) is 3.41. The summed E-state index contributed by atoms with van der Waals surface area (Å²) in [6, 6.07) is 6.79. The Bertz CT molecular complexity index is 534. The van der Waals surface area contributed by atoms with E-state index in [1.165, 1.54) is 6.07 Å². The predicted octanol–water partition coefficient (Wildman–Crippen LogP) is 0.996. The van der Waals surface area contributed by atoms with Crippen molar-refractivity contribution in [1.29, 1.82) is 5.26 Å². The summed E-state index contributed by atoms with van der Waals surface area (Å²) in [5.74, 6) is 0. The zero-order chi connectivity index (χ0) is 12.9. The summed E-state index contributed by atoms with van der Waals surface area (Å²) >= 11 is 0. The summed E-state index contributed by atoms with van der Waals surface area (Å²) < 4.78 is 24.0. The largest absolute Gasteiger partial charge is 0.384 e. The highest BCUT2D eigenvalue weighted by Gasteiger charge is 2.11. The summed E-state index contributed by atoms with van der Waals surface area (Å²) in [7, 11) is -3.88. The number of hydrogen-bond donors (Lipinski definition) is 3. The highest BCUT2D eigenvalue weighted by Crippen LogP contribution is 2.23. The second-order valence-corrected chi connectivity index (χ2v) is 4.71. The van der Waals surface area contributed by atoms with E-state index in [0.717, 1.165) is 6.42 Å². The lowest BCUT2D eigenvalue weighted by Crippen LogP contribution is -2.22. The van der Waals surface area contributed by atoms with Crippen LogP contribution in [0.1, 0.15) is 18.9 Å². The molecule has 6 nitrogen and oxygen atoms in total. The van der Waals surface area contributed by atoms with Gasteiger partial charge >= 0.3 is 0 Å². The molecule has 4 N–H and O–H groups in total. The third-order valence-electron chi connectivity index (χ3n) is 1.99. The number of rotatable bonds is 5. The molecule has 1 rings (SSSR count). The Morgan fingerprint density at radius 1 is 1.41 bits per heavy atom. The van der Waals surface area contributed by atoms with Crippen LogP contribution in [-0.2, 0) is 10.2 Å². The smallest absolute Gasteiger partial charge is 0.296 e. The molecule has 0 saturated heterocycles. The third-order valence-corrected chi connectivity index (χ3v) is 2.50. The fraction of sp³-hybridized carbons (Fsp3) is 0.300. The van der Waals surface area contributed by atoms with E-state index in [0.29, 0.717) is 12.2 Å². The van der Waals surface area contributed by atoms with Gasteiger partial charge in [-0.1, -0.05) is 13.0 Å². The summed E-state index contributed by atoms with van der Waals surface area (Å²) in [4.78, 5) is 0. The Balaban J connectivity index is 3.11. The zero-order valence-corrected chi connectivity index (χ0v) is 10.2.